The van der Waals surface area contributed by atoms with Crippen LogP contribution in [0.4, 0.5) is 0 Å². The molecule has 0 saturated carbocycles. The second kappa shape index (κ2) is 68.8. The molecule has 17 nitrogen and oxygen atoms in total. The van der Waals surface area contributed by atoms with E-state index in [-0.39, 0.29) is 25.7 Å². The van der Waals surface area contributed by atoms with E-state index in [0.717, 1.165) is 102 Å². The van der Waals surface area contributed by atoms with E-state index in [9.17, 15) is 43.2 Å². The van der Waals surface area contributed by atoms with Crippen molar-refractivity contribution >= 4 is 39.5 Å². The van der Waals surface area contributed by atoms with E-state index >= 15 is 0 Å². The molecule has 3 N–H and O–H groups in total. The zero-order chi connectivity index (χ0) is 70.7. The van der Waals surface area contributed by atoms with Crippen LogP contribution < -0.4 is 0 Å². The standard InChI is InChI=1S/C77H150O17P2/c1-7-9-11-13-15-17-19-21-22-23-30-36-42-48-54-60-75(80)88-66-72(93-76(81)61-55-49-43-37-31-25-24-27-33-39-45-51-57-69(3)4)67-91-95(83,84)89-63-71(78)64-90-96(85,86)92-68-73(65-87-74(79)59-53-47-41-35-29-20-18-16-14-12-10-8-2)94-77(82)62-56-50-44-38-32-26-28-34-40-46-52-58-70(5)6/h69-73,78H,7-68H2,1-6H3,(H,83,84)(H,85,86)/t71-,72-,73-/m1/s1. The Labute approximate surface area is 588 Å². The molecule has 0 aromatic heterocycles. The first kappa shape index (κ1) is 94.1. The second-order valence-corrected chi connectivity index (χ2v) is 31.6. The third-order valence-corrected chi connectivity index (χ3v) is 19.9. The van der Waals surface area contributed by atoms with Crippen molar-refractivity contribution in [2.45, 2.75) is 419 Å². The summed E-state index contributed by atoms with van der Waals surface area (Å²) >= 11 is 0. The van der Waals surface area contributed by atoms with Crippen molar-refractivity contribution in [1.29, 1.82) is 0 Å². The highest BCUT2D eigenvalue weighted by Gasteiger charge is 2.30. The molecule has 5 atom stereocenters. The summed E-state index contributed by atoms with van der Waals surface area (Å²) in [4.78, 5) is 72.9. The largest absolute Gasteiger partial charge is 0.472 e. The van der Waals surface area contributed by atoms with E-state index in [4.69, 9.17) is 37.0 Å². The SMILES string of the molecule is CCCCCCCCCCCCCCCCCC(=O)OC[C@H](COP(=O)(O)OC[C@@H](O)COP(=O)(O)OC[C@@H](COC(=O)CCCCCCCCCCCCCC)OC(=O)CCCCCCCCCCCCCC(C)C)OC(=O)CCCCCCCCCCCCCCC(C)C. The first-order valence-corrected chi connectivity index (χ1v) is 43.0. The number of carbonyl (C=O) groups excluding carboxylic acids is 4. The number of esters is 4. The second-order valence-electron chi connectivity index (χ2n) is 28.7. The minimum absolute atomic E-state index is 0.107. The molecular formula is C77H150O17P2. The van der Waals surface area contributed by atoms with Crippen LogP contribution in [-0.2, 0) is 65.4 Å². The molecule has 0 saturated heterocycles. The highest BCUT2D eigenvalue weighted by molar-refractivity contribution is 7.47. The molecule has 0 aliphatic rings. The van der Waals surface area contributed by atoms with Gasteiger partial charge in [0.25, 0.3) is 0 Å². The summed E-state index contributed by atoms with van der Waals surface area (Å²) < 4.78 is 68.6. The third-order valence-electron chi connectivity index (χ3n) is 18.0. The molecule has 0 heterocycles. The van der Waals surface area contributed by atoms with Crippen LogP contribution >= 0.6 is 15.6 Å². The van der Waals surface area contributed by atoms with Crippen LogP contribution in [0.2, 0.25) is 0 Å². The summed E-state index contributed by atoms with van der Waals surface area (Å²) in [6, 6.07) is 0. The van der Waals surface area contributed by atoms with Gasteiger partial charge in [0.05, 0.1) is 26.4 Å². The topological polar surface area (TPSA) is 237 Å². The number of hydrogen-bond donors (Lipinski definition) is 3. The fourth-order valence-corrected chi connectivity index (χ4v) is 13.4. The first-order chi connectivity index (χ1) is 46.4. The fraction of sp³-hybridized carbons (Fsp3) is 0.948. The molecule has 0 amide bonds. The molecule has 2 unspecified atom stereocenters. The van der Waals surface area contributed by atoms with Crippen LogP contribution in [0, 0.1) is 11.8 Å². The summed E-state index contributed by atoms with van der Waals surface area (Å²) in [5.74, 6) is -0.569. The Balaban J connectivity index is 5.27. The predicted molar refractivity (Wildman–Crippen MR) is 391 cm³/mol. The van der Waals surface area contributed by atoms with Crippen molar-refractivity contribution in [1.82, 2.24) is 0 Å². The molecule has 0 fully saturated rings. The lowest BCUT2D eigenvalue weighted by atomic mass is 10.0. The average molecular weight is 1410 g/mol. The normalized spacial score (nSPS) is 14.0. The van der Waals surface area contributed by atoms with E-state index in [1.165, 1.54) is 218 Å². The predicted octanol–water partition coefficient (Wildman–Crippen LogP) is 22.7. The molecule has 0 aliphatic heterocycles. The Morgan fingerprint density at radius 2 is 0.479 bits per heavy atom. The van der Waals surface area contributed by atoms with Gasteiger partial charge in [-0.05, 0) is 37.5 Å². The summed E-state index contributed by atoms with van der Waals surface area (Å²) in [6.45, 7) is 9.62. The maximum absolute atomic E-state index is 13.1. The highest BCUT2D eigenvalue weighted by atomic mass is 31.2. The van der Waals surface area contributed by atoms with E-state index in [1.807, 2.05) is 0 Å². The Bertz CT molecular complexity index is 1860. The van der Waals surface area contributed by atoms with Gasteiger partial charge in [-0.2, -0.15) is 0 Å². The molecule has 0 aromatic rings. The van der Waals surface area contributed by atoms with Gasteiger partial charge in [-0.15, -0.1) is 0 Å². The number of aliphatic hydroxyl groups excluding tert-OH is 1. The van der Waals surface area contributed by atoms with E-state index in [2.05, 4.69) is 41.5 Å². The van der Waals surface area contributed by atoms with E-state index in [1.54, 1.807) is 0 Å². The molecule has 0 aliphatic carbocycles. The lowest BCUT2D eigenvalue weighted by Crippen LogP contribution is -2.30. The third kappa shape index (κ3) is 70.5. The average Bonchev–Trinajstić information content (AvgIpc) is 1.71. The molecule has 570 valence electrons. The van der Waals surface area contributed by atoms with Gasteiger partial charge in [0.15, 0.2) is 12.2 Å². The Kier molecular flexibility index (Phi) is 67.4. The molecule has 0 rings (SSSR count). The molecular weight excluding hydrogens is 1260 g/mol. The van der Waals surface area contributed by atoms with Crippen molar-refractivity contribution < 1.29 is 80.2 Å². The molecule has 0 aromatic carbocycles. The monoisotopic (exact) mass is 1410 g/mol. The summed E-state index contributed by atoms with van der Waals surface area (Å²) in [7, 11) is -9.91. The number of phosphoric acid groups is 2. The van der Waals surface area contributed by atoms with Crippen LogP contribution in [0.1, 0.15) is 401 Å². The zero-order valence-electron chi connectivity index (χ0n) is 62.7. The van der Waals surface area contributed by atoms with Gasteiger partial charge in [0.2, 0.25) is 0 Å². The molecule has 0 radical (unpaired) electrons. The quantitative estimate of drug-likeness (QED) is 0.0222. The number of hydrogen-bond acceptors (Lipinski definition) is 15. The first-order valence-electron chi connectivity index (χ1n) is 40.0. The maximum Gasteiger partial charge on any atom is 0.472 e. The van der Waals surface area contributed by atoms with Gasteiger partial charge < -0.3 is 33.8 Å². The van der Waals surface area contributed by atoms with Crippen molar-refractivity contribution in [2.75, 3.05) is 39.6 Å². The fourth-order valence-electron chi connectivity index (χ4n) is 11.8. The lowest BCUT2D eigenvalue weighted by Gasteiger charge is -2.21. The number of carbonyl (C=O) groups is 4. The Morgan fingerprint density at radius 1 is 0.281 bits per heavy atom. The van der Waals surface area contributed by atoms with Gasteiger partial charge in [0, 0.05) is 25.7 Å². The van der Waals surface area contributed by atoms with Gasteiger partial charge in [-0.25, -0.2) is 9.13 Å². The Hall–Kier alpha value is -1.94. The maximum atomic E-state index is 13.1. The van der Waals surface area contributed by atoms with E-state index < -0.39 is 97.5 Å². The molecule has 0 bridgehead atoms. The summed E-state index contributed by atoms with van der Waals surface area (Å²) in [5, 5.41) is 10.6. The van der Waals surface area contributed by atoms with Gasteiger partial charge >= 0.3 is 39.5 Å². The Morgan fingerprint density at radius 3 is 0.708 bits per heavy atom. The minimum Gasteiger partial charge on any atom is -0.462 e. The van der Waals surface area contributed by atoms with Crippen LogP contribution in [-0.4, -0.2) is 96.7 Å². The van der Waals surface area contributed by atoms with Crippen LogP contribution in [0.5, 0.6) is 0 Å². The van der Waals surface area contributed by atoms with E-state index in [0.29, 0.717) is 25.7 Å². The van der Waals surface area contributed by atoms with Crippen LogP contribution in [0.3, 0.4) is 0 Å². The number of ether oxygens (including phenoxy) is 4. The minimum atomic E-state index is -4.96. The highest BCUT2D eigenvalue weighted by Crippen LogP contribution is 2.45. The van der Waals surface area contributed by atoms with Crippen molar-refractivity contribution in [2.24, 2.45) is 11.8 Å². The van der Waals surface area contributed by atoms with Gasteiger partial charge in [-0.1, -0.05) is 350 Å². The van der Waals surface area contributed by atoms with Crippen LogP contribution in [0.15, 0.2) is 0 Å². The van der Waals surface area contributed by atoms with Crippen molar-refractivity contribution in [3.05, 3.63) is 0 Å². The van der Waals surface area contributed by atoms with Gasteiger partial charge in [-0.3, -0.25) is 37.3 Å². The summed E-state index contributed by atoms with van der Waals surface area (Å²) in [5.41, 5.74) is 0. The van der Waals surface area contributed by atoms with Crippen molar-refractivity contribution in [3.63, 3.8) is 0 Å². The zero-order valence-corrected chi connectivity index (χ0v) is 64.5. The smallest absolute Gasteiger partial charge is 0.462 e. The number of phosphoric ester groups is 2. The van der Waals surface area contributed by atoms with Gasteiger partial charge in [0.1, 0.15) is 19.3 Å². The van der Waals surface area contributed by atoms with Crippen LogP contribution in [0.25, 0.3) is 0 Å². The summed E-state index contributed by atoms with van der Waals surface area (Å²) in [6.07, 6.45) is 56.7. The molecule has 96 heavy (non-hydrogen) atoms. The lowest BCUT2D eigenvalue weighted by molar-refractivity contribution is -0.161. The number of aliphatic hydroxyl groups is 1. The number of unbranched alkanes of at least 4 members (excludes halogenated alkanes) is 46. The number of rotatable bonds is 76. The molecule has 0 spiro atoms. The van der Waals surface area contributed by atoms with Crippen molar-refractivity contribution in [3.8, 4) is 0 Å². The molecule has 19 heteroatoms.